The minimum Gasteiger partial charge on any atom is -0.319 e. The van der Waals surface area contributed by atoms with Gasteiger partial charge in [-0.2, -0.15) is 5.10 Å². The third kappa shape index (κ3) is 2.91. The first-order chi connectivity index (χ1) is 9.02. The monoisotopic (exact) mass is 297 g/mol. The van der Waals surface area contributed by atoms with Gasteiger partial charge in [0.05, 0.1) is 28.2 Å². The van der Waals surface area contributed by atoms with Crippen molar-refractivity contribution in [3.8, 4) is 0 Å². The van der Waals surface area contributed by atoms with Gasteiger partial charge < -0.3 is 5.32 Å². The second-order valence-electron chi connectivity index (χ2n) is 4.04. The van der Waals surface area contributed by atoms with Crippen LogP contribution in [0.2, 0.25) is 10.0 Å². The van der Waals surface area contributed by atoms with E-state index < -0.39 is 0 Å². The van der Waals surface area contributed by atoms with Crippen molar-refractivity contribution in [1.82, 2.24) is 9.78 Å². The van der Waals surface area contributed by atoms with Crippen LogP contribution in [0.3, 0.4) is 0 Å². The number of halogens is 2. The fourth-order valence-electron chi connectivity index (χ4n) is 1.75. The van der Waals surface area contributed by atoms with E-state index in [1.807, 2.05) is 13.8 Å². The van der Waals surface area contributed by atoms with E-state index in [2.05, 4.69) is 10.4 Å². The normalized spacial score (nSPS) is 10.5. The number of rotatable bonds is 3. The summed E-state index contributed by atoms with van der Waals surface area (Å²) in [6.07, 6.45) is 1.63. The van der Waals surface area contributed by atoms with Gasteiger partial charge in [0.25, 0.3) is 5.91 Å². The Labute approximate surface area is 121 Å². The number of hydrogen-bond donors (Lipinski definition) is 1. The lowest BCUT2D eigenvalue weighted by atomic mass is 10.2. The van der Waals surface area contributed by atoms with Gasteiger partial charge in [0.1, 0.15) is 0 Å². The summed E-state index contributed by atoms with van der Waals surface area (Å²) in [6, 6.07) is 4.77. The third-order valence-corrected chi connectivity index (χ3v) is 3.37. The molecule has 6 heteroatoms. The average molecular weight is 298 g/mol. The topological polar surface area (TPSA) is 46.9 Å². The maximum Gasteiger partial charge on any atom is 0.257 e. The highest BCUT2D eigenvalue weighted by atomic mass is 35.5. The minimum absolute atomic E-state index is 0.277. The molecular formula is C13H13Cl2N3O. The molecule has 0 spiro atoms. The van der Waals surface area contributed by atoms with E-state index in [9.17, 15) is 4.79 Å². The second kappa shape index (κ2) is 5.63. The third-order valence-electron chi connectivity index (χ3n) is 2.83. The number of hydrogen-bond acceptors (Lipinski definition) is 2. The summed E-state index contributed by atoms with van der Waals surface area (Å²) >= 11 is 11.8. The Balaban J connectivity index is 2.23. The van der Waals surface area contributed by atoms with Crippen LogP contribution in [0.25, 0.3) is 0 Å². The Hall–Kier alpha value is -1.52. The van der Waals surface area contributed by atoms with Gasteiger partial charge in [-0.05, 0) is 32.0 Å². The van der Waals surface area contributed by atoms with E-state index in [0.717, 1.165) is 12.2 Å². The highest BCUT2D eigenvalue weighted by Crippen LogP contribution is 2.22. The molecule has 0 aliphatic carbocycles. The molecule has 0 saturated heterocycles. The van der Waals surface area contributed by atoms with Gasteiger partial charge in [0.2, 0.25) is 0 Å². The largest absolute Gasteiger partial charge is 0.319 e. The van der Waals surface area contributed by atoms with Crippen LogP contribution in [0.5, 0.6) is 0 Å². The maximum atomic E-state index is 12.1. The molecule has 2 rings (SSSR count). The summed E-state index contributed by atoms with van der Waals surface area (Å²) in [5.41, 5.74) is 1.97. The van der Waals surface area contributed by atoms with Gasteiger partial charge >= 0.3 is 0 Å². The second-order valence-corrected chi connectivity index (χ2v) is 4.88. The average Bonchev–Trinajstić information content (AvgIpc) is 2.70. The van der Waals surface area contributed by atoms with Crippen LogP contribution in [-0.4, -0.2) is 15.7 Å². The summed E-state index contributed by atoms with van der Waals surface area (Å²) in [5.74, 6) is -0.277. The minimum atomic E-state index is -0.277. The van der Waals surface area contributed by atoms with Crippen LogP contribution in [0.1, 0.15) is 23.0 Å². The molecule has 1 aromatic heterocycles. The van der Waals surface area contributed by atoms with Crippen LogP contribution in [-0.2, 0) is 6.54 Å². The van der Waals surface area contributed by atoms with Gasteiger partial charge in [-0.15, -0.1) is 0 Å². The summed E-state index contributed by atoms with van der Waals surface area (Å²) in [5, 5.41) is 7.78. The lowest BCUT2D eigenvalue weighted by molar-refractivity contribution is 0.102. The number of aromatic nitrogens is 2. The molecule has 1 N–H and O–H groups in total. The zero-order valence-electron chi connectivity index (χ0n) is 10.6. The van der Waals surface area contributed by atoms with E-state index in [0.29, 0.717) is 21.3 Å². The van der Waals surface area contributed by atoms with E-state index in [4.69, 9.17) is 23.2 Å². The van der Waals surface area contributed by atoms with Gasteiger partial charge in [0.15, 0.2) is 0 Å². The van der Waals surface area contributed by atoms with Crippen molar-refractivity contribution in [2.75, 3.05) is 5.32 Å². The predicted octanol–water partition coefficient (Wildman–Crippen LogP) is 3.77. The fraction of sp³-hybridized carbons (Fsp3) is 0.231. The molecule has 0 fully saturated rings. The van der Waals surface area contributed by atoms with Crippen molar-refractivity contribution < 1.29 is 4.79 Å². The Kier molecular flexibility index (Phi) is 4.12. The van der Waals surface area contributed by atoms with Crippen LogP contribution in [0.4, 0.5) is 5.69 Å². The molecule has 2 aromatic rings. The first-order valence-electron chi connectivity index (χ1n) is 5.81. The standard InChI is InChI=1S/C13H13Cl2N3O/c1-3-18-8(2)12(7-16-18)17-13(19)10-5-4-9(14)6-11(10)15/h4-7H,3H2,1-2H3,(H,17,19). The van der Waals surface area contributed by atoms with E-state index >= 15 is 0 Å². The molecule has 0 radical (unpaired) electrons. The van der Waals surface area contributed by atoms with Crippen LogP contribution in [0, 0.1) is 6.92 Å². The quantitative estimate of drug-likeness (QED) is 0.937. The lowest BCUT2D eigenvalue weighted by Gasteiger charge is -2.07. The number of carbonyl (C=O) groups is 1. The van der Waals surface area contributed by atoms with E-state index in [1.165, 1.54) is 0 Å². The Morgan fingerprint density at radius 1 is 1.42 bits per heavy atom. The number of benzene rings is 1. The zero-order valence-corrected chi connectivity index (χ0v) is 12.1. The molecule has 100 valence electrons. The summed E-state index contributed by atoms with van der Waals surface area (Å²) in [6.45, 7) is 4.64. The van der Waals surface area contributed by atoms with Gasteiger partial charge in [-0.25, -0.2) is 0 Å². The highest BCUT2D eigenvalue weighted by molar-refractivity contribution is 6.37. The Morgan fingerprint density at radius 2 is 2.16 bits per heavy atom. The molecule has 19 heavy (non-hydrogen) atoms. The SMILES string of the molecule is CCn1ncc(NC(=O)c2ccc(Cl)cc2Cl)c1C. The van der Waals surface area contributed by atoms with Crippen LogP contribution < -0.4 is 5.32 Å². The van der Waals surface area contributed by atoms with Gasteiger partial charge in [-0.1, -0.05) is 23.2 Å². The predicted molar refractivity (Wildman–Crippen MR) is 77.1 cm³/mol. The van der Waals surface area contributed by atoms with Gasteiger partial charge in [0, 0.05) is 11.6 Å². The van der Waals surface area contributed by atoms with Crippen molar-refractivity contribution >= 4 is 34.8 Å². The zero-order chi connectivity index (χ0) is 14.0. The van der Waals surface area contributed by atoms with Crippen molar-refractivity contribution in [2.45, 2.75) is 20.4 Å². The number of nitrogens with one attached hydrogen (secondary N) is 1. The molecule has 1 aromatic carbocycles. The number of aryl methyl sites for hydroxylation is 1. The molecule has 1 amide bonds. The molecule has 0 bridgehead atoms. The highest BCUT2D eigenvalue weighted by Gasteiger charge is 2.13. The number of anilines is 1. The van der Waals surface area contributed by atoms with Crippen molar-refractivity contribution in [3.63, 3.8) is 0 Å². The maximum absolute atomic E-state index is 12.1. The summed E-state index contributed by atoms with van der Waals surface area (Å²) in [7, 11) is 0. The van der Waals surface area contributed by atoms with Crippen molar-refractivity contribution in [3.05, 3.63) is 45.7 Å². The Morgan fingerprint density at radius 3 is 2.74 bits per heavy atom. The van der Waals surface area contributed by atoms with Crippen molar-refractivity contribution in [2.24, 2.45) is 0 Å². The van der Waals surface area contributed by atoms with E-state index in [-0.39, 0.29) is 5.91 Å². The lowest BCUT2D eigenvalue weighted by Crippen LogP contribution is -2.13. The molecular weight excluding hydrogens is 285 g/mol. The smallest absolute Gasteiger partial charge is 0.257 e. The molecule has 1 heterocycles. The number of nitrogens with zero attached hydrogens (tertiary/aromatic N) is 2. The first-order valence-corrected chi connectivity index (χ1v) is 6.57. The number of amides is 1. The molecule has 0 aliphatic rings. The first kappa shape index (κ1) is 13.9. The van der Waals surface area contributed by atoms with Crippen LogP contribution in [0.15, 0.2) is 24.4 Å². The molecule has 0 atom stereocenters. The summed E-state index contributed by atoms with van der Waals surface area (Å²) < 4.78 is 1.80. The van der Waals surface area contributed by atoms with Crippen LogP contribution >= 0.6 is 23.2 Å². The molecule has 0 saturated carbocycles. The number of carbonyl (C=O) groups excluding carboxylic acids is 1. The van der Waals surface area contributed by atoms with E-state index in [1.54, 1.807) is 29.1 Å². The van der Waals surface area contributed by atoms with Gasteiger partial charge in [-0.3, -0.25) is 9.48 Å². The molecule has 0 aliphatic heterocycles. The molecule has 0 unspecified atom stereocenters. The Bertz CT molecular complexity index is 622. The fourth-order valence-corrected chi connectivity index (χ4v) is 2.25. The molecule has 4 nitrogen and oxygen atoms in total. The summed E-state index contributed by atoms with van der Waals surface area (Å²) in [4.78, 5) is 12.1. The van der Waals surface area contributed by atoms with Crippen molar-refractivity contribution in [1.29, 1.82) is 0 Å².